The molecule has 66 valence electrons. The van der Waals surface area contributed by atoms with E-state index in [1.807, 2.05) is 0 Å². The van der Waals surface area contributed by atoms with Crippen LogP contribution in [0, 0.1) is 5.92 Å². The first-order valence-corrected chi connectivity index (χ1v) is 4.51. The van der Waals surface area contributed by atoms with Crippen molar-refractivity contribution in [3.8, 4) is 0 Å². The zero-order chi connectivity index (χ0) is 8.27. The lowest BCUT2D eigenvalue weighted by molar-refractivity contribution is 0.175. The third-order valence-electron chi connectivity index (χ3n) is 2.50. The normalized spacial score (nSPS) is 31.6. The summed E-state index contributed by atoms with van der Waals surface area (Å²) in [6.07, 6.45) is 4.55. The molecule has 2 nitrogen and oxygen atoms in total. The highest BCUT2D eigenvalue weighted by molar-refractivity contribution is 4.74. The molecule has 0 spiro atoms. The van der Waals surface area contributed by atoms with Gasteiger partial charge in [-0.1, -0.05) is 0 Å². The number of hydrogen-bond acceptors (Lipinski definition) is 2. The van der Waals surface area contributed by atoms with Crippen molar-refractivity contribution >= 4 is 0 Å². The van der Waals surface area contributed by atoms with E-state index in [-0.39, 0.29) is 6.10 Å². The highest BCUT2D eigenvalue weighted by Crippen LogP contribution is 2.27. The van der Waals surface area contributed by atoms with Crippen molar-refractivity contribution < 1.29 is 5.11 Å². The Hall–Kier alpha value is -0.0800. The van der Waals surface area contributed by atoms with Crippen molar-refractivity contribution in [2.45, 2.75) is 31.8 Å². The summed E-state index contributed by atoms with van der Waals surface area (Å²) in [5, 5.41) is 9.25. The van der Waals surface area contributed by atoms with Gasteiger partial charge in [0, 0.05) is 0 Å². The van der Waals surface area contributed by atoms with Gasteiger partial charge in [0.15, 0.2) is 0 Å². The summed E-state index contributed by atoms with van der Waals surface area (Å²) in [6, 6.07) is 0. The Balaban J connectivity index is 2.08. The van der Waals surface area contributed by atoms with Crippen molar-refractivity contribution in [1.82, 2.24) is 4.90 Å². The van der Waals surface area contributed by atoms with Crippen molar-refractivity contribution in [2.75, 3.05) is 20.6 Å². The third kappa shape index (κ3) is 3.21. The number of hydrogen-bond donors (Lipinski definition) is 1. The van der Waals surface area contributed by atoms with Gasteiger partial charge in [-0.25, -0.2) is 0 Å². The summed E-state index contributed by atoms with van der Waals surface area (Å²) in [4.78, 5) is 2.21. The molecule has 0 bridgehead atoms. The predicted octanol–water partition coefficient (Wildman–Crippen LogP) is 1.10. The minimum atomic E-state index is 0.00200. The van der Waals surface area contributed by atoms with Crippen LogP contribution in [-0.2, 0) is 0 Å². The number of aliphatic hydroxyl groups excluding tert-OH is 1. The average molecular weight is 157 g/mol. The number of aliphatic hydroxyl groups is 1. The van der Waals surface area contributed by atoms with E-state index in [2.05, 4.69) is 19.0 Å². The molecule has 2 atom stereocenters. The van der Waals surface area contributed by atoms with E-state index < -0.39 is 0 Å². The molecule has 1 N–H and O–H groups in total. The monoisotopic (exact) mass is 157 g/mol. The number of rotatable bonds is 3. The van der Waals surface area contributed by atoms with Crippen LogP contribution >= 0.6 is 0 Å². The van der Waals surface area contributed by atoms with Gasteiger partial charge in [-0.3, -0.25) is 0 Å². The first-order valence-electron chi connectivity index (χ1n) is 4.51. The lowest BCUT2D eigenvalue weighted by Gasteiger charge is -2.13. The lowest BCUT2D eigenvalue weighted by atomic mass is 10.0. The zero-order valence-electron chi connectivity index (χ0n) is 7.58. The second-order valence-electron chi connectivity index (χ2n) is 3.92. The van der Waals surface area contributed by atoms with E-state index in [4.69, 9.17) is 0 Å². The van der Waals surface area contributed by atoms with E-state index in [0.29, 0.717) is 0 Å². The lowest BCUT2D eigenvalue weighted by Crippen LogP contribution is -2.15. The summed E-state index contributed by atoms with van der Waals surface area (Å²) in [5.41, 5.74) is 0. The van der Waals surface area contributed by atoms with Crippen molar-refractivity contribution in [3.63, 3.8) is 0 Å². The molecule has 0 aromatic heterocycles. The molecule has 1 aliphatic rings. The second-order valence-corrected chi connectivity index (χ2v) is 3.92. The standard InChI is InChI=1S/C9H19NO/c1-10(2)6-5-8-3-4-9(11)7-8/h8-9,11H,3-7H2,1-2H3. The van der Waals surface area contributed by atoms with Crippen molar-refractivity contribution in [3.05, 3.63) is 0 Å². The molecule has 1 rings (SSSR count). The first-order chi connectivity index (χ1) is 5.18. The van der Waals surface area contributed by atoms with Gasteiger partial charge >= 0.3 is 0 Å². The molecule has 0 aromatic carbocycles. The van der Waals surface area contributed by atoms with Crippen LogP contribution < -0.4 is 0 Å². The third-order valence-corrected chi connectivity index (χ3v) is 2.50. The molecule has 1 fully saturated rings. The minimum absolute atomic E-state index is 0.00200. The largest absolute Gasteiger partial charge is 0.393 e. The fourth-order valence-corrected chi connectivity index (χ4v) is 1.75. The minimum Gasteiger partial charge on any atom is -0.393 e. The Kier molecular flexibility index (Phi) is 3.34. The Morgan fingerprint density at radius 1 is 1.36 bits per heavy atom. The van der Waals surface area contributed by atoms with E-state index >= 15 is 0 Å². The molecule has 2 heteroatoms. The van der Waals surface area contributed by atoms with E-state index in [1.165, 1.54) is 12.8 Å². The van der Waals surface area contributed by atoms with Crippen LogP contribution in [0.3, 0.4) is 0 Å². The van der Waals surface area contributed by atoms with Gasteiger partial charge < -0.3 is 10.0 Å². The zero-order valence-corrected chi connectivity index (χ0v) is 7.58. The average Bonchev–Trinajstić information content (AvgIpc) is 2.31. The molecular weight excluding hydrogens is 138 g/mol. The van der Waals surface area contributed by atoms with Gasteiger partial charge in [0.05, 0.1) is 6.10 Å². The van der Waals surface area contributed by atoms with Crippen LogP contribution in [0.15, 0.2) is 0 Å². The topological polar surface area (TPSA) is 23.5 Å². The van der Waals surface area contributed by atoms with E-state index in [0.717, 1.165) is 25.3 Å². The smallest absolute Gasteiger partial charge is 0.0543 e. The highest BCUT2D eigenvalue weighted by Gasteiger charge is 2.21. The molecule has 0 amide bonds. The molecule has 0 heterocycles. The van der Waals surface area contributed by atoms with Gasteiger partial charge in [0.2, 0.25) is 0 Å². The fraction of sp³-hybridized carbons (Fsp3) is 1.00. The van der Waals surface area contributed by atoms with Crippen molar-refractivity contribution in [2.24, 2.45) is 5.92 Å². The molecule has 1 aliphatic carbocycles. The van der Waals surface area contributed by atoms with Crippen LogP contribution in [0.25, 0.3) is 0 Å². The van der Waals surface area contributed by atoms with Crippen LogP contribution in [0.5, 0.6) is 0 Å². The Bertz CT molecular complexity index is 114. The van der Waals surface area contributed by atoms with Gasteiger partial charge in [-0.05, 0) is 52.2 Å². The molecule has 1 saturated carbocycles. The summed E-state index contributed by atoms with van der Waals surface area (Å²) in [5.74, 6) is 0.785. The molecule has 0 saturated heterocycles. The molecule has 0 aliphatic heterocycles. The van der Waals surface area contributed by atoms with Gasteiger partial charge in [-0.2, -0.15) is 0 Å². The van der Waals surface area contributed by atoms with Crippen LogP contribution in [0.1, 0.15) is 25.7 Å². The maximum Gasteiger partial charge on any atom is 0.0543 e. The molecule has 0 aromatic rings. The number of nitrogens with zero attached hydrogens (tertiary/aromatic N) is 1. The SMILES string of the molecule is CN(C)CCC1CCC(O)C1. The van der Waals surface area contributed by atoms with Crippen LogP contribution in [-0.4, -0.2) is 36.8 Å². The maximum absolute atomic E-state index is 9.25. The summed E-state index contributed by atoms with van der Waals surface area (Å²) >= 11 is 0. The Labute approximate surface area is 69.2 Å². The highest BCUT2D eigenvalue weighted by atomic mass is 16.3. The van der Waals surface area contributed by atoms with Crippen molar-refractivity contribution in [1.29, 1.82) is 0 Å². The summed E-state index contributed by atoms with van der Waals surface area (Å²) < 4.78 is 0. The van der Waals surface area contributed by atoms with Crippen LogP contribution in [0.4, 0.5) is 0 Å². The Morgan fingerprint density at radius 3 is 2.55 bits per heavy atom. The predicted molar refractivity (Wildman–Crippen MR) is 46.5 cm³/mol. The molecule has 2 unspecified atom stereocenters. The van der Waals surface area contributed by atoms with Gasteiger partial charge in [0.25, 0.3) is 0 Å². The second kappa shape index (κ2) is 4.07. The van der Waals surface area contributed by atoms with Gasteiger partial charge in [0.1, 0.15) is 0 Å². The quantitative estimate of drug-likeness (QED) is 0.663. The van der Waals surface area contributed by atoms with Gasteiger partial charge in [-0.15, -0.1) is 0 Å². The van der Waals surface area contributed by atoms with Crippen LogP contribution in [0.2, 0.25) is 0 Å². The molecule has 11 heavy (non-hydrogen) atoms. The van der Waals surface area contributed by atoms with E-state index in [1.54, 1.807) is 0 Å². The fourth-order valence-electron chi connectivity index (χ4n) is 1.75. The molecule has 0 radical (unpaired) electrons. The summed E-state index contributed by atoms with van der Waals surface area (Å²) in [7, 11) is 4.21. The van der Waals surface area contributed by atoms with E-state index in [9.17, 15) is 5.11 Å². The maximum atomic E-state index is 9.25. The molecular formula is C9H19NO. The summed E-state index contributed by atoms with van der Waals surface area (Å²) in [6.45, 7) is 1.16. The Morgan fingerprint density at radius 2 is 2.09 bits per heavy atom. The first kappa shape index (κ1) is 9.01.